The molecule has 0 spiro atoms. The molecule has 0 saturated heterocycles. The van der Waals surface area contributed by atoms with Gasteiger partial charge in [-0.3, -0.25) is 4.79 Å². The molecule has 2 heterocycles. The number of amides is 1. The molecule has 0 atom stereocenters. The number of ether oxygens (including phenoxy) is 2. The Balaban J connectivity index is 2.23. The molecule has 0 unspecified atom stereocenters. The number of thiocarbonyl (C=S) groups is 1. The Morgan fingerprint density at radius 3 is 2.09 bits per heavy atom. The minimum atomic E-state index is -0.787. The first kappa shape index (κ1) is 25.5. The third kappa shape index (κ3) is 4.63. The van der Waals surface area contributed by atoms with Gasteiger partial charge in [-0.1, -0.05) is 61.7 Å². The van der Waals surface area contributed by atoms with Crippen molar-refractivity contribution in [1.29, 1.82) is 0 Å². The summed E-state index contributed by atoms with van der Waals surface area (Å²) in [6.45, 7) is 9.86. The van der Waals surface area contributed by atoms with Crippen molar-refractivity contribution >= 4 is 69.7 Å². The SMILES string of the molecule is COC(=O)C1=C(C(=O)OC)SC(=C2C(=S)C(C)(C)N(C(=O)CC(C)C)c3cc(C)ccc32)S1. The van der Waals surface area contributed by atoms with E-state index in [0.29, 0.717) is 15.5 Å². The van der Waals surface area contributed by atoms with E-state index in [1.165, 1.54) is 14.2 Å². The number of hydrogen-bond donors (Lipinski definition) is 0. The molecule has 1 aromatic carbocycles. The molecule has 0 aromatic heterocycles. The van der Waals surface area contributed by atoms with Gasteiger partial charge in [0.1, 0.15) is 9.81 Å². The summed E-state index contributed by atoms with van der Waals surface area (Å²) in [4.78, 5) is 40.8. The molecular weight excluding hydrogens is 478 g/mol. The molecule has 0 fully saturated rings. The number of aryl methyl sites for hydroxylation is 1. The smallest absolute Gasteiger partial charge is 0.346 e. The molecule has 0 aliphatic carbocycles. The molecule has 6 nitrogen and oxygen atoms in total. The predicted octanol–water partition coefficient (Wildman–Crippen LogP) is 5.24. The third-order valence-electron chi connectivity index (χ3n) is 5.38. The van der Waals surface area contributed by atoms with Crippen LogP contribution in [0, 0.1) is 12.8 Å². The Morgan fingerprint density at radius 1 is 1.06 bits per heavy atom. The van der Waals surface area contributed by atoms with Crippen LogP contribution in [0.2, 0.25) is 0 Å². The van der Waals surface area contributed by atoms with Crippen molar-refractivity contribution in [3.63, 3.8) is 0 Å². The Hall–Kier alpha value is -2.10. The second kappa shape index (κ2) is 9.64. The van der Waals surface area contributed by atoms with Crippen LogP contribution >= 0.6 is 35.7 Å². The first-order chi connectivity index (χ1) is 15.4. The van der Waals surface area contributed by atoms with E-state index in [1.54, 1.807) is 4.90 Å². The lowest BCUT2D eigenvalue weighted by atomic mass is 9.82. The Labute approximate surface area is 208 Å². The summed E-state index contributed by atoms with van der Waals surface area (Å²) in [5.41, 5.74) is 2.54. The van der Waals surface area contributed by atoms with E-state index >= 15 is 0 Å². The van der Waals surface area contributed by atoms with Crippen molar-refractivity contribution in [2.24, 2.45) is 5.92 Å². The summed E-state index contributed by atoms with van der Waals surface area (Å²) in [5, 5.41) is 0. The van der Waals surface area contributed by atoms with Crippen molar-refractivity contribution in [3.8, 4) is 0 Å². The molecule has 2 aliphatic rings. The summed E-state index contributed by atoms with van der Waals surface area (Å²) in [6, 6.07) is 5.89. The molecule has 176 valence electrons. The number of thioether (sulfide) groups is 2. The topological polar surface area (TPSA) is 72.9 Å². The van der Waals surface area contributed by atoms with Gasteiger partial charge in [-0.2, -0.15) is 0 Å². The zero-order chi connectivity index (χ0) is 24.7. The van der Waals surface area contributed by atoms with Crippen LogP contribution in [0.15, 0.2) is 32.2 Å². The lowest BCUT2D eigenvalue weighted by Gasteiger charge is -2.45. The van der Waals surface area contributed by atoms with Crippen molar-refractivity contribution in [2.75, 3.05) is 19.1 Å². The van der Waals surface area contributed by atoms with E-state index in [0.717, 1.165) is 45.9 Å². The summed E-state index contributed by atoms with van der Waals surface area (Å²) in [7, 11) is 2.54. The fraction of sp³-hybridized carbons (Fsp3) is 0.417. The number of nitrogens with zero attached hydrogens (tertiary/aromatic N) is 1. The highest BCUT2D eigenvalue weighted by atomic mass is 32.2. The number of methoxy groups -OCH3 is 2. The van der Waals surface area contributed by atoms with Gasteiger partial charge in [-0.15, -0.1) is 0 Å². The molecular formula is C24H27NO5S3. The second-order valence-electron chi connectivity index (χ2n) is 8.74. The number of hydrogen-bond acceptors (Lipinski definition) is 8. The molecule has 0 saturated carbocycles. The molecule has 1 amide bonds. The first-order valence-electron chi connectivity index (χ1n) is 10.4. The number of benzene rings is 1. The summed E-state index contributed by atoms with van der Waals surface area (Å²) < 4.78 is 10.5. The molecule has 3 rings (SSSR count). The number of carbonyl (C=O) groups is 3. The number of esters is 2. The fourth-order valence-electron chi connectivity index (χ4n) is 3.81. The highest BCUT2D eigenvalue weighted by Crippen LogP contribution is 2.56. The Kier molecular flexibility index (Phi) is 7.45. The van der Waals surface area contributed by atoms with Gasteiger partial charge in [0.05, 0.1) is 34.5 Å². The van der Waals surface area contributed by atoms with Gasteiger partial charge in [0.2, 0.25) is 5.91 Å². The van der Waals surface area contributed by atoms with Crippen LogP contribution < -0.4 is 4.90 Å². The van der Waals surface area contributed by atoms with Crippen molar-refractivity contribution in [2.45, 2.75) is 46.6 Å². The quantitative estimate of drug-likeness (QED) is 0.312. The summed E-state index contributed by atoms with van der Waals surface area (Å²) >= 11 is 8.26. The molecule has 0 bridgehead atoms. The zero-order valence-electron chi connectivity index (χ0n) is 19.7. The summed E-state index contributed by atoms with van der Waals surface area (Å²) in [5.74, 6) is -1.02. The average molecular weight is 506 g/mol. The normalized spacial score (nSPS) is 17.5. The van der Waals surface area contributed by atoms with E-state index in [-0.39, 0.29) is 21.6 Å². The second-order valence-corrected chi connectivity index (χ2v) is 11.5. The van der Waals surface area contributed by atoms with E-state index in [9.17, 15) is 14.4 Å². The predicted molar refractivity (Wildman–Crippen MR) is 138 cm³/mol. The maximum Gasteiger partial charge on any atom is 0.346 e. The van der Waals surface area contributed by atoms with Crippen LogP contribution in [0.1, 0.15) is 45.2 Å². The fourth-order valence-corrected chi connectivity index (χ4v) is 6.85. The Bertz CT molecular complexity index is 1090. The van der Waals surface area contributed by atoms with Crippen LogP contribution in [0.3, 0.4) is 0 Å². The molecule has 0 radical (unpaired) electrons. The monoisotopic (exact) mass is 505 g/mol. The van der Waals surface area contributed by atoms with Gasteiger partial charge in [0.25, 0.3) is 0 Å². The van der Waals surface area contributed by atoms with E-state index in [2.05, 4.69) is 0 Å². The van der Waals surface area contributed by atoms with Crippen molar-refractivity contribution < 1.29 is 23.9 Å². The van der Waals surface area contributed by atoms with E-state index in [1.807, 2.05) is 52.8 Å². The van der Waals surface area contributed by atoms with Crippen molar-refractivity contribution in [3.05, 3.63) is 43.4 Å². The number of rotatable bonds is 4. The maximum absolute atomic E-state index is 13.3. The summed E-state index contributed by atoms with van der Waals surface area (Å²) in [6.07, 6.45) is 0.398. The van der Waals surface area contributed by atoms with Crippen molar-refractivity contribution in [1.82, 2.24) is 0 Å². The van der Waals surface area contributed by atoms with Crippen LogP contribution in [0.25, 0.3) is 5.57 Å². The van der Waals surface area contributed by atoms with Crippen LogP contribution in [0.4, 0.5) is 5.69 Å². The van der Waals surface area contributed by atoms with E-state index in [4.69, 9.17) is 21.7 Å². The Morgan fingerprint density at radius 2 is 1.61 bits per heavy atom. The molecule has 33 heavy (non-hydrogen) atoms. The zero-order valence-corrected chi connectivity index (χ0v) is 22.2. The average Bonchev–Trinajstić information content (AvgIpc) is 3.17. The van der Waals surface area contributed by atoms with Gasteiger partial charge in [-0.05, 0) is 38.3 Å². The molecule has 0 N–H and O–H groups in total. The molecule has 2 aliphatic heterocycles. The van der Waals surface area contributed by atoms with E-state index < -0.39 is 17.5 Å². The largest absolute Gasteiger partial charge is 0.465 e. The van der Waals surface area contributed by atoms with Gasteiger partial charge in [-0.25, -0.2) is 9.59 Å². The lowest BCUT2D eigenvalue weighted by Crippen LogP contribution is -2.56. The van der Waals surface area contributed by atoms with Gasteiger partial charge in [0, 0.05) is 17.6 Å². The maximum atomic E-state index is 13.3. The molecule has 1 aromatic rings. The van der Waals surface area contributed by atoms with Gasteiger partial charge in [0.15, 0.2) is 0 Å². The number of anilines is 1. The van der Waals surface area contributed by atoms with Gasteiger partial charge < -0.3 is 14.4 Å². The number of carbonyl (C=O) groups excluding carboxylic acids is 3. The highest BCUT2D eigenvalue weighted by molar-refractivity contribution is 8.29. The minimum absolute atomic E-state index is 0.00334. The standard InChI is InChI=1S/C24H27NO5S3/c1-12(2)10-16(26)25-15-11-13(3)8-9-14(15)17(20(31)24(25,4)5)23-32-18(21(27)29-6)19(33-23)22(28)30-7/h8-9,11-12H,10H2,1-7H3. The lowest BCUT2D eigenvalue weighted by molar-refractivity contribution is -0.138. The van der Waals surface area contributed by atoms with Crippen LogP contribution in [-0.4, -0.2) is 42.5 Å². The highest BCUT2D eigenvalue weighted by Gasteiger charge is 2.46. The van der Waals surface area contributed by atoms with Crippen LogP contribution in [0.5, 0.6) is 0 Å². The third-order valence-corrected chi connectivity index (χ3v) is 8.64. The first-order valence-corrected chi connectivity index (χ1v) is 12.5. The van der Waals surface area contributed by atoms with Gasteiger partial charge >= 0.3 is 11.9 Å². The number of fused-ring (bicyclic) bond motifs is 1. The van der Waals surface area contributed by atoms with Crippen LogP contribution in [-0.2, 0) is 23.9 Å². The minimum Gasteiger partial charge on any atom is -0.465 e. The molecule has 9 heteroatoms.